The van der Waals surface area contributed by atoms with Crippen molar-refractivity contribution in [2.45, 2.75) is 23.8 Å². The highest BCUT2D eigenvalue weighted by atomic mass is 35.5. The minimum atomic E-state index is -3.88. The number of rotatable bonds is 3. The van der Waals surface area contributed by atoms with Crippen LogP contribution in [-0.4, -0.2) is 34.4 Å². The van der Waals surface area contributed by atoms with Gasteiger partial charge in [0, 0.05) is 6.04 Å². The van der Waals surface area contributed by atoms with Crippen molar-refractivity contribution >= 4 is 31.5 Å². The first-order valence-electron chi connectivity index (χ1n) is 6.16. The quantitative estimate of drug-likeness (QED) is 0.879. The van der Waals surface area contributed by atoms with Gasteiger partial charge in [0.1, 0.15) is 6.07 Å². The van der Waals surface area contributed by atoms with E-state index in [1.54, 1.807) is 6.07 Å². The average Bonchev–Trinajstić information content (AvgIpc) is 2.37. The number of nitrogens with zero attached hydrogens (tertiary/aromatic N) is 1. The van der Waals surface area contributed by atoms with E-state index in [0.29, 0.717) is 12.8 Å². The van der Waals surface area contributed by atoms with E-state index in [1.807, 2.05) is 0 Å². The van der Waals surface area contributed by atoms with E-state index < -0.39 is 25.9 Å². The van der Waals surface area contributed by atoms with Crippen LogP contribution < -0.4 is 4.72 Å². The summed E-state index contributed by atoms with van der Waals surface area (Å²) in [5.74, 6) is -0.115. The molecule has 0 bridgehead atoms. The number of sulfonamides is 1. The largest absolute Gasteiger partial charge is 0.240 e. The Balaban J connectivity index is 2.25. The lowest BCUT2D eigenvalue weighted by molar-refractivity contribution is 0.517. The summed E-state index contributed by atoms with van der Waals surface area (Å²) in [6.45, 7) is 0. The second-order valence-corrected chi connectivity index (χ2v) is 9.18. The van der Waals surface area contributed by atoms with Crippen LogP contribution in [0, 0.1) is 11.3 Å². The van der Waals surface area contributed by atoms with Gasteiger partial charge in [-0.05, 0) is 31.0 Å². The molecule has 2 rings (SSSR count). The zero-order chi connectivity index (χ0) is 15.7. The molecule has 0 radical (unpaired) electrons. The van der Waals surface area contributed by atoms with Gasteiger partial charge < -0.3 is 0 Å². The standard InChI is InChI=1S/C12H13ClN2O4S2/c13-12-4-3-11(6-9(12)7-14)21(18,19)15-10-2-1-5-20(16,17)8-10/h3-4,6,10,15H,1-2,5,8H2. The van der Waals surface area contributed by atoms with Crippen molar-refractivity contribution in [3.8, 4) is 6.07 Å². The molecule has 1 aromatic rings. The maximum atomic E-state index is 12.2. The molecule has 0 aliphatic carbocycles. The van der Waals surface area contributed by atoms with Crippen molar-refractivity contribution in [2.24, 2.45) is 0 Å². The van der Waals surface area contributed by atoms with Crippen LogP contribution in [0.3, 0.4) is 0 Å². The molecule has 0 saturated carbocycles. The number of hydrogen-bond acceptors (Lipinski definition) is 5. The number of benzene rings is 1. The first-order valence-corrected chi connectivity index (χ1v) is 9.84. The number of sulfone groups is 1. The van der Waals surface area contributed by atoms with Crippen molar-refractivity contribution in [2.75, 3.05) is 11.5 Å². The number of nitriles is 1. The zero-order valence-electron chi connectivity index (χ0n) is 10.9. The monoisotopic (exact) mass is 348 g/mol. The molecular weight excluding hydrogens is 336 g/mol. The Kier molecular flexibility index (Phi) is 4.58. The van der Waals surface area contributed by atoms with E-state index in [2.05, 4.69) is 4.72 Å². The van der Waals surface area contributed by atoms with E-state index in [1.165, 1.54) is 18.2 Å². The highest BCUT2D eigenvalue weighted by Gasteiger charge is 2.28. The fourth-order valence-corrected chi connectivity index (χ4v) is 5.36. The Hall–Kier alpha value is -1.14. The summed E-state index contributed by atoms with van der Waals surface area (Å²) >= 11 is 5.76. The summed E-state index contributed by atoms with van der Waals surface area (Å²) in [7, 11) is -7.09. The Bertz CT molecular complexity index is 797. The molecule has 6 nitrogen and oxygen atoms in total. The summed E-state index contributed by atoms with van der Waals surface area (Å²) in [5, 5.41) is 9.03. The molecule has 1 N–H and O–H groups in total. The van der Waals surface area contributed by atoms with Crippen LogP contribution in [0.25, 0.3) is 0 Å². The molecule has 1 aliphatic heterocycles. The van der Waals surface area contributed by atoms with Gasteiger partial charge in [0.05, 0.1) is 27.0 Å². The highest BCUT2D eigenvalue weighted by Crippen LogP contribution is 2.21. The van der Waals surface area contributed by atoms with E-state index in [-0.39, 0.29) is 27.0 Å². The first kappa shape index (κ1) is 16.2. The maximum Gasteiger partial charge on any atom is 0.240 e. The van der Waals surface area contributed by atoms with Gasteiger partial charge in [-0.1, -0.05) is 11.6 Å². The predicted octanol–water partition coefficient (Wildman–Crippen LogP) is 1.07. The Morgan fingerprint density at radius 2 is 2.10 bits per heavy atom. The van der Waals surface area contributed by atoms with Gasteiger partial charge in [-0.25, -0.2) is 21.6 Å². The first-order chi connectivity index (χ1) is 9.73. The summed E-state index contributed by atoms with van der Waals surface area (Å²) in [6, 6.07) is 4.94. The van der Waals surface area contributed by atoms with Gasteiger partial charge in [-0.15, -0.1) is 0 Å². The molecule has 9 heteroatoms. The van der Waals surface area contributed by atoms with Crippen LogP contribution in [-0.2, 0) is 19.9 Å². The number of halogens is 1. The third-order valence-corrected chi connectivity index (χ3v) is 6.82. The smallest absolute Gasteiger partial charge is 0.229 e. The van der Waals surface area contributed by atoms with Gasteiger partial charge in [-0.3, -0.25) is 0 Å². The minimum Gasteiger partial charge on any atom is -0.229 e. The second kappa shape index (κ2) is 5.93. The minimum absolute atomic E-state index is 0.0517. The van der Waals surface area contributed by atoms with Gasteiger partial charge in [-0.2, -0.15) is 5.26 Å². The fraction of sp³-hybridized carbons (Fsp3) is 0.417. The summed E-state index contributed by atoms with van der Waals surface area (Å²) in [5.41, 5.74) is 0.0517. The molecule has 1 unspecified atom stereocenters. The Labute approximate surface area is 128 Å². The molecular formula is C12H13ClN2O4S2. The zero-order valence-corrected chi connectivity index (χ0v) is 13.3. The molecule has 0 aromatic heterocycles. The predicted molar refractivity (Wildman–Crippen MR) is 78.2 cm³/mol. The molecule has 1 aromatic carbocycles. The van der Waals surface area contributed by atoms with Gasteiger partial charge in [0.25, 0.3) is 0 Å². The van der Waals surface area contributed by atoms with Crippen LogP contribution in [0.15, 0.2) is 23.1 Å². The van der Waals surface area contributed by atoms with E-state index >= 15 is 0 Å². The maximum absolute atomic E-state index is 12.2. The Morgan fingerprint density at radius 3 is 2.71 bits per heavy atom. The van der Waals surface area contributed by atoms with Crippen molar-refractivity contribution in [3.63, 3.8) is 0 Å². The molecule has 1 saturated heterocycles. The van der Waals surface area contributed by atoms with Gasteiger partial charge in [0.15, 0.2) is 9.84 Å². The molecule has 1 aliphatic rings. The molecule has 1 atom stereocenters. The SMILES string of the molecule is N#Cc1cc(S(=O)(=O)NC2CCCS(=O)(=O)C2)ccc1Cl. The number of nitrogens with one attached hydrogen (secondary N) is 1. The second-order valence-electron chi connectivity index (χ2n) is 4.83. The van der Waals surface area contributed by atoms with Crippen molar-refractivity contribution in [1.29, 1.82) is 5.26 Å². The third kappa shape index (κ3) is 3.95. The Morgan fingerprint density at radius 1 is 1.38 bits per heavy atom. The summed E-state index contributed by atoms with van der Waals surface area (Å²) in [6.07, 6.45) is 0.900. The van der Waals surface area contributed by atoms with E-state index in [9.17, 15) is 16.8 Å². The van der Waals surface area contributed by atoms with Crippen LogP contribution in [0.5, 0.6) is 0 Å². The average molecular weight is 349 g/mol. The third-order valence-electron chi connectivity index (χ3n) is 3.15. The topological polar surface area (TPSA) is 104 Å². The molecule has 1 fully saturated rings. The van der Waals surface area contributed by atoms with E-state index in [4.69, 9.17) is 16.9 Å². The van der Waals surface area contributed by atoms with E-state index in [0.717, 1.165) is 0 Å². The normalized spacial score (nSPS) is 21.6. The lowest BCUT2D eigenvalue weighted by Gasteiger charge is -2.22. The van der Waals surface area contributed by atoms with Gasteiger partial charge >= 0.3 is 0 Å². The molecule has 114 valence electrons. The van der Waals surface area contributed by atoms with Crippen molar-refractivity contribution in [1.82, 2.24) is 4.72 Å². The molecule has 0 spiro atoms. The summed E-state index contributed by atoms with van der Waals surface area (Å²) in [4.78, 5) is -0.105. The van der Waals surface area contributed by atoms with Crippen molar-refractivity contribution in [3.05, 3.63) is 28.8 Å². The van der Waals surface area contributed by atoms with Crippen LogP contribution >= 0.6 is 11.6 Å². The molecule has 0 amide bonds. The fourth-order valence-electron chi connectivity index (χ4n) is 2.16. The molecule has 21 heavy (non-hydrogen) atoms. The van der Waals surface area contributed by atoms with Crippen molar-refractivity contribution < 1.29 is 16.8 Å². The van der Waals surface area contributed by atoms with Crippen LogP contribution in [0.2, 0.25) is 5.02 Å². The molecule has 1 heterocycles. The summed E-state index contributed by atoms with van der Waals surface area (Å²) < 4.78 is 49.9. The lowest BCUT2D eigenvalue weighted by Crippen LogP contribution is -2.43. The highest BCUT2D eigenvalue weighted by molar-refractivity contribution is 7.91. The van der Waals surface area contributed by atoms with Gasteiger partial charge in [0.2, 0.25) is 10.0 Å². The lowest BCUT2D eigenvalue weighted by atomic mass is 10.2. The van der Waals surface area contributed by atoms with Crippen LogP contribution in [0.4, 0.5) is 0 Å². The van der Waals surface area contributed by atoms with Crippen LogP contribution in [0.1, 0.15) is 18.4 Å². The number of hydrogen-bond donors (Lipinski definition) is 1.